The van der Waals surface area contributed by atoms with Crippen LogP contribution in [0.4, 0.5) is 0 Å². The first-order chi connectivity index (χ1) is 11.0. The minimum atomic E-state index is -1.06. The Bertz CT molecular complexity index is 681. The molecule has 1 aromatic carbocycles. The second-order valence-corrected chi connectivity index (χ2v) is 4.83. The van der Waals surface area contributed by atoms with Crippen LogP contribution in [-0.2, 0) is 17.8 Å². The summed E-state index contributed by atoms with van der Waals surface area (Å²) in [7, 11) is 1.43. The monoisotopic (exact) mass is 319 g/mol. The van der Waals surface area contributed by atoms with Crippen molar-refractivity contribution in [3.8, 4) is 5.75 Å². The molecule has 2 rings (SSSR count). The molecule has 0 radical (unpaired) electrons. The number of likely N-dealkylation sites (N-methyl/N-ethyl adjacent to an activating group) is 1. The number of rotatable bonds is 7. The van der Waals surface area contributed by atoms with E-state index < -0.39 is 5.97 Å². The number of aryl methyl sites for hydroxylation is 1. The molecule has 0 unspecified atom stereocenters. The summed E-state index contributed by atoms with van der Waals surface area (Å²) < 4.78 is 10.5. The summed E-state index contributed by atoms with van der Waals surface area (Å²) in [5.74, 6) is 0.108. The normalized spacial score (nSPS) is 10.3. The van der Waals surface area contributed by atoms with E-state index in [-0.39, 0.29) is 19.1 Å². The lowest BCUT2D eigenvalue weighted by atomic mass is 10.2. The van der Waals surface area contributed by atoms with Crippen LogP contribution in [-0.4, -0.2) is 45.6 Å². The quantitative estimate of drug-likeness (QED) is 0.821. The molecule has 0 saturated carbocycles. The maximum Gasteiger partial charge on any atom is 0.323 e. The van der Waals surface area contributed by atoms with E-state index in [2.05, 4.69) is 10.1 Å². The number of hydrogen-bond donors (Lipinski definition) is 1. The molecule has 8 heteroatoms. The molecule has 2 aromatic rings. The van der Waals surface area contributed by atoms with Crippen molar-refractivity contribution in [2.45, 2.75) is 20.0 Å². The number of benzene rings is 1. The van der Waals surface area contributed by atoms with Crippen molar-refractivity contribution in [2.24, 2.45) is 0 Å². The van der Waals surface area contributed by atoms with E-state index >= 15 is 0 Å². The van der Waals surface area contributed by atoms with Crippen molar-refractivity contribution in [1.29, 1.82) is 0 Å². The fourth-order valence-electron chi connectivity index (χ4n) is 1.83. The lowest BCUT2D eigenvalue weighted by Gasteiger charge is -2.14. The molecule has 1 N–H and O–H groups in total. The molecule has 0 saturated heterocycles. The molecule has 122 valence electrons. The summed E-state index contributed by atoms with van der Waals surface area (Å²) in [6.07, 6.45) is 0.660. The number of carboxylic acid groups (broad SMARTS) is 1. The average Bonchev–Trinajstić information content (AvgIpc) is 3.00. The fraction of sp³-hybridized carbons (Fsp3) is 0.333. The zero-order valence-corrected chi connectivity index (χ0v) is 12.9. The number of carboxylic acids is 1. The lowest BCUT2D eigenvalue weighted by Crippen LogP contribution is -2.31. The largest absolute Gasteiger partial charge is 0.485 e. The van der Waals surface area contributed by atoms with E-state index in [0.717, 1.165) is 4.90 Å². The summed E-state index contributed by atoms with van der Waals surface area (Å²) >= 11 is 0. The molecular formula is C15H17N3O5. The highest BCUT2D eigenvalue weighted by molar-refractivity contribution is 5.95. The van der Waals surface area contributed by atoms with Crippen LogP contribution in [0.5, 0.6) is 5.75 Å². The summed E-state index contributed by atoms with van der Waals surface area (Å²) in [5.41, 5.74) is 0.383. The Morgan fingerprint density at radius 3 is 2.57 bits per heavy atom. The minimum absolute atomic E-state index is 0.162. The Labute approximate surface area is 132 Å². The molecule has 0 aliphatic heterocycles. The molecular weight excluding hydrogens is 302 g/mol. The first-order valence-corrected chi connectivity index (χ1v) is 7.01. The van der Waals surface area contributed by atoms with Crippen molar-refractivity contribution in [3.63, 3.8) is 0 Å². The van der Waals surface area contributed by atoms with Crippen LogP contribution in [0.2, 0.25) is 0 Å². The van der Waals surface area contributed by atoms with Crippen LogP contribution in [0.1, 0.15) is 29.0 Å². The predicted molar refractivity (Wildman–Crippen MR) is 79.0 cm³/mol. The standard InChI is InChI=1S/C15H17N3O5/c1-3-13-16-12(17-23-13)9-22-11-6-4-10(5-7-11)15(21)18(2)8-14(19)20/h4-7H,3,8-9H2,1-2H3,(H,19,20). The molecule has 0 spiro atoms. The first-order valence-electron chi connectivity index (χ1n) is 7.01. The molecule has 1 heterocycles. The summed E-state index contributed by atoms with van der Waals surface area (Å²) in [6, 6.07) is 6.40. The Kier molecular flexibility index (Phi) is 5.29. The van der Waals surface area contributed by atoms with E-state index in [9.17, 15) is 9.59 Å². The number of aromatic nitrogens is 2. The topological polar surface area (TPSA) is 106 Å². The Hall–Kier alpha value is -2.90. The molecule has 0 fully saturated rings. The van der Waals surface area contributed by atoms with Crippen molar-refractivity contribution in [3.05, 3.63) is 41.5 Å². The van der Waals surface area contributed by atoms with Crippen LogP contribution in [0, 0.1) is 0 Å². The SMILES string of the molecule is CCc1nc(COc2ccc(C(=O)N(C)CC(=O)O)cc2)no1. The van der Waals surface area contributed by atoms with Crippen LogP contribution in [0.3, 0.4) is 0 Å². The fourth-order valence-corrected chi connectivity index (χ4v) is 1.83. The Morgan fingerprint density at radius 2 is 2.00 bits per heavy atom. The number of aliphatic carboxylic acids is 1. The zero-order valence-electron chi connectivity index (χ0n) is 12.9. The van der Waals surface area contributed by atoms with Crippen molar-refractivity contribution in [1.82, 2.24) is 15.0 Å². The molecule has 0 bridgehead atoms. The molecule has 0 aliphatic carbocycles. The highest BCUT2D eigenvalue weighted by Gasteiger charge is 2.14. The predicted octanol–water partition coefficient (Wildman–Crippen LogP) is 1.37. The number of nitrogens with zero attached hydrogens (tertiary/aromatic N) is 3. The molecule has 0 atom stereocenters. The lowest BCUT2D eigenvalue weighted by molar-refractivity contribution is -0.137. The smallest absolute Gasteiger partial charge is 0.323 e. The van der Waals surface area contributed by atoms with Gasteiger partial charge in [0.1, 0.15) is 12.3 Å². The maximum atomic E-state index is 12.0. The van der Waals surface area contributed by atoms with Gasteiger partial charge in [0.15, 0.2) is 6.61 Å². The second kappa shape index (κ2) is 7.39. The van der Waals surface area contributed by atoms with E-state index in [1.807, 2.05) is 6.92 Å². The van der Waals surface area contributed by atoms with Gasteiger partial charge in [-0.05, 0) is 24.3 Å². The molecule has 1 amide bonds. The van der Waals surface area contributed by atoms with Gasteiger partial charge < -0.3 is 19.3 Å². The highest BCUT2D eigenvalue weighted by atomic mass is 16.5. The number of carbonyl (C=O) groups is 2. The van der Waals surface area contributed by atoms with E-state index in [1.165, 1.54) is 7.05 Å². The van der Waals surface area contributed by atoms with Gasteiger partial charge in [-0.3, -0.25) is 9.59 Å². The van der Waals surface area contributed by atoms with Crippen molar-refractivity contribution in [2.75, 3.05) is 13.6 Å². The van der Waals surface area contributed by atoms with E-state index in [0.29, 0.717) is 29.4 Å². The minimum Gasteiger partial charge on any atom is -0.485 e. The number of amides is 1. The molecule has 0 aliphatic rings. The number of ether oxygens (including phenoxy) is 1. The maximum absolute atomic E-state index is 12.0. The molecule has 23 heavy (non-hydrogen) atoms. The van der Waals surface area contributed by atoms with E-state index in [1.54, 1.807) is 24.3 Å². The Balaban J connectivity index is 1.93. The zero-order chi connectivity index (χ0) is 16.8. The third-order valence-corrected chi connectivity index (χ3v) is 3.00. The van der Waals surface area contributed by atoms with Crippen LogP contribution in [0.15, 0.2) is 28.8 Å². The van der Waals surface area contributed by atoms with Gasteiger partial charge in [-0.25, -0.2) is 0 Å². The van der Waals surface area contributed by atoms with Gasteiger partial charge in [-0.2, -0.15) is 4.98 Å². The summed E-state index contributed by atoms with van der Waals surface area (Å²) in [5, 5.41) is 12.5. The van der Waals surface area contributed by atoms with Crippen molar-refractivity contribution < 1.29 is 24.0 Å². The summed E-state index contributed by atoms with van der Waals surface area (Å²) in [6.45, 7) is 1.72. The second-order valence-electron chi connectivity index (χ2n) is 4.83. The summed E-state index contributed by atoms with van der Waals surface area (Å²) in [4.78, 5) is 27.9. The van der Waals surface area contributed by atoms with Gasteiger partial charge in [0.25, 0.3) is 5.91 Å². The van der Waals surface area contributed by atoms with Gasteiger partial charge in [-0.1, -0.05) is 12.1 Å². The van der Waals surface area contributed by atoms with E-state index in [4.69, 9.17) is 14.4 Å². The number of carbonyl (C=O) groups excluding carboxylic acids is 1. The van der Waals surface area contributed by atoms with Gasteiger partial charge >= 0.3 is 5.97 Å². The molecule has 8 nitrogen and oxygen atoms in total. The molecule has 1 aromatic heterocycles. The average molecular weight is 319 g/mol. The van der Waals surface area contributed by atoms with Crippen molar-refractivity contribution >= 4 is 11.9 Å². The van der Waals surface area contributed by atoms with Gasteiger partial charge in [-0.15, -0.1) is 0 Å². The Morgan fingerprint density at radius 1 is 1.30 bits per heavy atom. The van der Waals surface area contributed by atoms with Crippen LogP contribution < -0.4 is 4.74 Å². The van der Waals surface area contributed by atoms with Gasteiger partial charge in [0.05, 0.1) is 0 Å². The van der Waals surface area contributed by atoms with Crippen LogP contribution >= 0.6 is 0 Å². The third-order valence-electron chi connectivity index (χ3n) is 3.00. The number of hydrogen-bond acceptors (Lipinski definition) is 6. The van der Waals surface area contributed by atoms with Gasteiger partial charge in [0, 0.05) is 19.0 Å². The third kappa shape index (κ3) is 4.53. The van der Waals surface area contributed by atoms with Gasteiger partial charge in [0.2, 0.25) is 11.7 Å². The highest BCUT2D eigenvalue weighted by Crippen LogP contribution is 2.14. The first kappa shape index (κ1) is 16.5. The van der Waals surface area contributed by atoms with Crippen LogP contribution in [0.25, 0.3) is 0 Å².